The molecule has 2 aromatic heterocycles. The van der Waals surface area contributed by atoms with Crippen LogP contribution in [0.25, 0.3) is 11.3 Å². The number of nitrogens with one attached hydrogen (secondary N) is 2. The first-order valence-electron chi connectivity index (χ1n) is 11.5. The number of rotatable bonds is 7. The summed E-state index contributed by atoms with van der Waals surface area (Å²) >= 11 is 1.10. The van der Waals surface area contributed by atoms with Crippen LogP contribution in [-0.2, 0) is 17.4 Å². The highest BCUT2D eigenvalue weighted by Crippen LogP contribution is 2.34. The fraction of sp³-hybridized carbons (Fsp3) is 0.320. The van der Waals surface area contributed by atoms with E-state index in [2.05, 4.69) is 20.6 Å². The van der Waals surface area contributed by atoms with E-state index in [0.29, 0.717) is 48.4 Å². The lowest BCUT2D eigenvalue weighted by Crippen LogP contribution is -2.44. The molecule has 1 saturated heterocycles. The van der Waals surface area contributed by atoms with Gasteiger partial charge in [0.15, 0.2) is 0 Å². The molecule has 37 heavy (non-hydrogen) atoms. The van der Waals surface area contributed by atoms with Crippen molar-refractivity contribution < 1.29 is 22.8 Å². The van der Waals surface area contributed by atoms with E-state index in [9.17, 15) is 22.8 Å². The standard InChI is InChI=1S/C25H23F3N6O2S/c1-30-23(36)20-11-17(14-37-20)18-12-21(33-24(32-18)25(26,27)28)34-10-2-3-19(34)22(35)31-9-8-15-4-6-16(13-29)7-5-15/h4-7,11-12,14,19H,2-3,8-10H2,1H3,(H,30,36)(H,31,35)/t19-/m0/s1. The van der Waals surface area contributed by atoms with E-state index in [-0.39, 0.29) is 23.3 Å². The molecule has 3 heterocycles. The van der Waals surface area contributed by atoms with Crippen LogP contribution in [0.3, 0.4) is 0 Å². The Labute approximate surface area is 215 Å². The number of benzene rings is 1. The Kier molecular flexibility index (Phi) is 7.73. The van der Waals surface area contributed by atoms with Crippen molar-refractivity contribution in [1.29, 1.82) is 5.26 Å². The molecule has 0 unspecified atom stereocenters. The molecule has 192 valence electrons. The molecule has 0 spiro atoms. The van der Waals surface area contributed by atoms with Crippen LogP contribution in [0, 0.1) is 11.3 Å². The van der Waals surface area contributed by atoms with Crippen molar-refractivity contribution in [1.82, 2.24) is 20.6 Å². The van der Waals surface area contributed by atoms with Gasteiger partial charge in [0.05, 0.1) is 22.2 Å². The van der Waals surface area contributed by atoms with Gasteiger partial charge in [0, 0.05) is 37.1 Å². The average Bonchev–Trinajstić information content (AvgIpc) is 3.58. The molecule has 8 nitrogen and oxygen atoms in total. The van der Waals surface area contributed by atoms with Crippen LogP contribution in [0.15, 0.2) is 41.8 Å². The van der Waals surface area contributed by atoms with E-state index in [1.165, 1.54) is 19.2 Å². The zero-order valence-corrected chi connectivity index (χ0v) is 20.6. The summed E-state index contributed by atoms with van der Waals surface area (Å²) in [7, 11) is 1.47. The maximum Gasteiger partial charge on any atom is 0.451 e. The van der Waals surface area contributed by atoms with E-state index in [4.69, 9.17) is 5.26 Å². The summed E-state index contributed by atoms with van der Waals surface area (Å²) in [4.78, 5) is 34.2. The number of nitrogens with zero attached hydrogens (tertiary/aromatic N) is 4. The lowest BCUT2D eigenvalue weighted by molar-refractivity contribution is -0.144. The smallest absolute Gasteiger partial charge is 0.354 e. The molecule has 1 aliphatic heterocycles. The number of hydrogen-bond donors (Lipinski definition) is 2. The molecule has 2 amide bonds. The number of thiophene rings is 1. The van der Waals surface area contributed by atoms with Crippen LogP contribution in [-0.4, -0.2) is 48.0 Å². The first kappa shape index (κ1) is 26.1. The Bertz CT molecular complexity index is 1330. The lowest BCUT2D eigenvalue weighted by Gasteiger charge is -2.26. The Hall–Kier alpha value is -3.98. The zero-order chi connectivity index (χ0) is 26.6. The van der Waals surface area contributed by atoms with Gasteiger partial charge in [-0.3, -0.25) is 9.59 Å². The van der Waals surface area contributed by atoms with Crippen molar-refractivity contribution in [2.45, 2.75) is 31.5 Å². The fourth-order valence-corrected chi connectivity index (χ4v) is 4.92. The van der Waals surface area contributed by atoms with Gasteiger partial charge in [0.25, 0.3) is 5.91 Å². The highest BCUT2D eigenvalue weighted by molar-refractivity contribution is 7.12. The minimum atomic E-state index is -4.79. The second-order valence-corrected chi connectivity index (χ2v) is 9.32. The number of halogens is 3. The largest absolute Gasteiger partial charge is 0.451 e. The molecule has 0 radical (unpaired) electrons. The van der Waals surface area contributed by atoms with Crippen LogP contribution < -0.4 is 15.5 Å². The van der Waals surface area contributed by atoms with Gasteiger partial charge in [0.2, 0.25) is 11.7 Å². The Balaban J connectivity index is 1.53. The highest BCUT2D eigenvalue weighted by Gasteiger charge is 2.38. The molecule has 1 atom stereocenters. The van der Waals surface area contributed by atoms with E-state index >= 15 is 0 Å². The maximum atomic E-state index is 13.7. The molecule has 12 heteroatoms. The van der Waals surface area contributed by atoms with E-state index in [1.54, 1.807) is 22.4 Å². The lowest BCUT2D eigenvalue weighted by atomic mass is 10.1. The second kappa shape index (κ2) is 11.0. The molecule has 3 aromatic rings. The van der Waals surface area contributed by atoms with Crippen LogP contribution in [0.2, 0.25) is 0 Å². The molecule has 0 saturated carbocycles. The van der Waals surface area contributed by atoms with Gasteiger partial charge >= 0.3 is 6.18 Å². The summed E-state index contributed by atoms with van der Waals surface area (Å²) in [6.45, 7) is 0.712. The summed E-state index contributed by atoms with van der Waals surface area (Å²) in [5.74, 6) is -1.94. The van der Waals surface area contributed by atoms with Gasteiger partial charge in [-0.05, 0) is 43.0 Å². The first-order chi connectivity index (χ1) is 17.7. The molecule has 2 N–H and O–H groups in total. The molecule has 1 aromatic carbocycles. The average molecular weight is 529 g/mol. The number of nitriles is 1. The Morgan fingerprint density at radius 2 is 1.97 bits per heavy atom. The normalized spacial score (nSPS) is 15.3. The number of hydrogen-bond acceptors (Lipinski definition) is 7. The third-order valence-corrected chi connectivity index (χ3v) is 6.89. The molecular formula is C25H23F3N6O2S. The number of amides is 2. The zero-order valence-electron chi connectivity index (χ0n) is 19.8. The van der Waals surface area contributed by atoms with E-state index < -0.39 is 18.0 Å². The summed E-state index contributed by atoms with van der Waals surface area (Å²) < 4.78 is 41.0. The van der Waals surface area contributed by atoms with Gasteiger partial charge < -0.3 is 15.5 Å². The highest BCUT2D eigenvalue weighted by atomic mass is 32.1. The number of anilines is 1. The van der Waals surface area contributed by atoms with Crippen LogP contribution in [0.5, 0.6) is 0 Å². The Morgan fingerprint density at radius 1 is 1.22 bits per heavy atom. The SMILES string of the molecule is CNC(=O)c1cc(-c2cc(N3CCC[C@H]3C(=O)NCCc3ccc(C#N)cc3)nc(C(F)(F)F)n2)cs1. The van der Waals surface area contributed by atoms with Gasteiger partial charge in [-0.1, -0.05) is 12.1 Å². The number of aromatic nitrogens is 2. The van der Waals surface area contributed by atoms with Gasteiger partial charge in [-0.15, -0.1) is 11.3 Å². The fourth-order valence-electron chi connectivity index (χ4n) is 4.08. The van der Waals surface area contributed by atoms with Crippen molar-refractivity contribution in [2.24, 2.45) is 0 Å². The van der Waals surface area contributed by atoms with Crippen LogP contribution in [0.4, 0.5) is 19.0 Å². The van der Waals surface area contributed by atoms with Gasteiger partial charge in [-0.2, -0.15) is 18.4 Å². The van der Waals surface area contributed by atoms with Crippen molar-refractivity contribution in [3.05, 3.63) is 63.6 Å². The number of carbonyl (C=O) groups excluding carboxylic acids is 2. The minimum absolute atomic E-state index is 0.00904. The molecular weight excluding hydrogens is 505 g/mol. The number of alkyl halides is 3. The topological polar surface area (TPSA) is 111 Å². The third-order valence-electron chi connectivity index (χ3n) is 5.96. The maximum absolute atomic E-state index is 13.7. The van der Waals surface area contributed by atoms with Crippen molar-refractivity contribution >= 4 is 29.0 Å². The molecule has 4 rings (SSSR count). The summed E-state index contributed by atoms with van der Waals surface area (Å²) in [6.07, 6.45) is -3.15. The quantitative estimate of drug-likeness (QED) is 0.483. The second-order valence-electron chi connectivity index (χ2n) is 8.41. The third kappa shape index (κ3) is 6.06. The van der Waals surface area contributed by atoms with Crippen molar-refractivity contribution in [3.8, 4) is 17.3 Å². The van der Waals surface area contributed by atoms with Gasteiger partial charge in [-0.25, -0.2) is 9.97 Å². The minimum Gasteiger partial charge on any atom is -0.354 e. The van der Waals surface area contributed by atoms with Crippen LogP contribution >= 0.6 is 11.3 Å². The molecule has 0 bridgehead atoms. The predicted octanol–water partition coefficient (Wildman–Crippen LogP) is 3.78. The molecule has 1 aliphatic rings. The molecule has 0 aliphatic carbocycles. The first-order valence-corrected chi connectivity index (χ1v) is 12.4. The predicted molar refractivity (Wildman–Crippen MR) is 132 cm³/mol. The summed E-state index contributed by atoms with van der Waals surface area (Å²) in [5.41, 5.74) is 1.88. The monoisotopic (exact) mass is 528 g/mol. The number of carbonyl (C=O) groups is 2. The van der Waals surface area contributed by atoms with E-state index in [1.807, 2.05) is 18.2 Å². The van der Waals surface area contributed by atoms with Crippen molar-refractivity contribution in [2.75, 3.05) is 25.0 Å². The summed E-state index contributed by atoms with van der Waals surface area (Å²) in [6, 6.07) is 11.3. The van der Waals surface area contributed by atoms with E-state index in [0.717, 1.165) is 16.9 Å². The van der Waals surface area contributed by atoms with Crippen molar-refractivity contribution in [3.63, 3.8) is 0 Å². The molecule has 1 fully saturated rings. The van der Waals surface area contributed by atoms with Gasteiger partial charge in [0.1, 0.15) is 11.9 Å². The summed E-state index contributed by atoms with van der Waals surface area (Å²) in [5, 5.41) is 15.8. The van der Waals surface area contributed by atoms with Crippen LogP contribution in [0.1, 0.15) is 39.5 Å². The Morgan fingerprint density at radius 3 is 2.65 bits per heavy atom.